The van der Waals surface area contributed by atoms with Crippen molar-refractivity contribution in [3.05, 3.63) is 0 Å². The van der Waals surface area contributed by atoms with E-state index in [4.69, 9.17) is 18.9 Å². The molecule has 0 spiro atoms. The van der Waals surface area contributed by atoms with E-state index in [1.54, 1.807) is 14.2 Å². The summed E-state index contributed by atoms with van der Waals surface area (Å²) >= 11 is 0. The lowest BCUT2D eigenvalue weighted by atomic mass is 9.96. The maximum atomic E-state index is 12.0. The Labute approximate surface area is 203 Å². The molecule has 196 valence electrons. The van der Waals surface area contributed by atoms with Crippen LogP contribution in [0.25, 0.3) is 0 Å². The van der Waals surface area contributed by atoms with Crippen LogP contribution < -0.4 is 0 Å². The van der Waals surface area contributed by atoms with E-state index in [0.717, 1.165) is 58.2 Å². The van der Waals surface area contributed by atoms with Crippen LogP contribution in [0.5, 0.6) is 0 Å². The normalized spacial score (nSPS) is 13.0. The number of rotatable bonds is 24. The zero-order valence-corrected chi connectivity index (χ0v) is 22.0. The highest BCUT2D eigenvalue weighted by Gasteiger charge is 2.12. The van der Waals surface area contributed by atoms with Crippen molar-refractivity contribution in [2.24, 2.45) is 11.8 Å². The molecule has 0 N–H and O–H groups in total. The molecule has 0 aromatic rings. The summed E-state index contributed by atoms with van der Waals surface area (Å²) in [6.07, 6.45) is 14.2. The van der Waals surface area contributed by atoms with Gasteiger partial charge in [-0.05, 0) is 50.4 Å². The Morgan fingerprint density at radius 1 is 0.545 bits per heavy atom. The van der Waals surface area contributed by atoms with Gasteiger partial charge in [-0.25, -0.2) is 0 Å². The van der Waals surface area contributed by atoms with Gasteiger partial charge in [0.2, 0.25) is 0 Å². The van der Waals surface area contributed by atoms with Gasteiger partial charge in [-0.3, -0.25) is 9.59 Å². The third-order valence-electron chi connectivity index (χ3n) is 6.23. The number of carbonyl (C=O) groups excluding carboxylic acids is 2. The molecule has 0 aliphatic heterocycles. The smallest absolute Gasteiger partial charge is 0.305 e. The molecule has 0 amide bonds. The molecule has 6 nitrogen and oxygen atoms in total. The van der Waals surface area contributed by atoms with Gasteiger partial charge in [0.05, 0.1) is 13.2 Å². The fourth-order valence-corrected chi connectivity index (χ4v) is 3.96. The number of hydrogen-bond donors (Lipinski definition) is 0. The Morgan fingerprint density at radius 3 is 1.30 bits per heavy atom. The van der Waals surface area contributed by atoms with Gasteiger partial charge in [-0.15, -0.1) is 0 Å². The van der Waals surface area contributed by atoms with Gasteiger partial charge in [0.25, 0.3) is 0 Å². The van der Waals surface area contributed by atoms with E-state index < -0.39 is 0 Å². The molecule has 0 radical (unpaired) electrons. The molecule has 0 saturated heterocycles. The molecule has 0 saturated carbocycles. The van der Waals surface area contributed by atoms with E-state index in [9.17, 15) is 9.59 Å². The van der Waals surface area contributed by atoms with E-state index in [-0.39, 0.29) is 11.9 Å². The number of unbranched alkanes of at least 4 members (excludes halogenated alkanes) is 4. The molecule has 2 unspecified atom stereocenters. The first-order valence-corrected chi connectivity index (χ1v) is 13.4. The lowest BCUT2D eigenvalue weighted by Crippen LogP contribution is -2.12. The van der Waals surface area contributed by atoms with E-state index >= 15 is 0 Å². The van der Waals surface area contributed by atoms with Crippen LogP contribution in [0, 0.1) is 11.8 Å². The minimum Gasteiger partial charge on any atom is -0.466 e. The van der Waals surface area contributed by atoms with E-state index in [2.05, 4.69) is 13.8 Å². The van der Waals surface area contributed by atoms with Crippen LogP contribution in [0.4, 0.5) is 0 Å². The summed E-state index contributed by atoms with van der Waals surface area (Å²) < 4.78 is 21.2. The molecule has 6 heteroatoms. The lowest BCUT2D eigenvalue weighted by Gasteiger charge is -2.16. The molecule has 33 heavy (non-hydrogen) atoms. The second-order valence-corrected chi connectivity index (χ2v) is 9.16. The monoisotopic (exact) mass is 472 g/mol. The van der Waals surface area contributed by atoms with Crippen LogP contribution in [0.1, 0.15) is 110 Å². The maximum absolute atomic E-state index is 12.0. The van der Waals surface area contributed by atoms with Gasteiger partial charge in [-0.1, -0.05) is 58.8 Å². The average Bonchev–Trinajstić information content (AvgIpc) is 2.81. The third kappa shape index (κ3) is 21.2. The number of carbonyl (C=O) groups is 2. The van der Waals surface area contributed by atoms with Crippen LogP contribution in [0.2, 0.25) is 0 Å². The predicted molar refractivity (Wildman–Crippen MR) is 133 cm³/mol. The van der Waals surface area contributed by atoms with Crippen LogP contribution in [-0.4, -0.2) is 52.6 Å². The summed E-state index contributed by atoms with van der Waals surface area (Å²) in [7, 11) is 3.45. The SMILES string of the molecule is CCCCC(CCOC)CCOC(=O)CCCCCC(=O)OCCC(CCCC)CCOC. The Kier molecular flexibility index (Phi) is 23.2. The van der Waals surface area contributed by atoms with E-state index in [1.165, 1.54) is 38.5 Å². The number of methoxy groups -OCH3 is 2. The average molecular weight is 473 g/mol. The Bertz CT molecular complexity index is 398. The first kappa shape index (κ1) is 31.9. The topological polar surface area (TPSA) is 71.1 Å². The quantitative estimate of drug-likeness (QED) is 0.118. The molecule has 0 aromatic heterocycles. The van der Waals surface area contributed by atoms with Gasteiger partial charge in [0.15, 0.2) is 0 Å². The summed E-state index contributed by atoms with van der Waals surface area (Å²) in [5.74, 6) is 0.858. The van der Waals surface area contributed by atoms with Crippen LogP contribution >= 0.6 is 0 Å². The van der Waals surface area contributed by atoms with Crippen molar-refractivity contribution in [2.45, 2.75) is 110 Å². The largest absolute Gasteiger partial charge is 0.466 e. The highest BCUT2D eigenvalue weighted by atomic mass is 16.5. The fourth-order valence-electron chi connectivity index (χ4n) is 3.96. The fraction of sp³-hybridized carbons (Fsp3) is 0.926. The van der Waals surface area contributed by atoms with Crippen molar-refractivity contribution >= 4 is 11.9 Å². The van der Waals surface area contributed by atoms with Gasteiger partial charge in [-0.2, -0.15) is 0 Å². The molecular formula is C27H52O6. The van der Waals surface area contributed by atoms with E-state index in [0.29, 0.717) is 37.9 Å². The van der Waals surface area contributed by atoms with Crippen LogP contribution in [-0.2, 0) is 28.5 Å². The van der Waals surface area contributed by atoms with Gasteiger partial charge in [0.1, 0.15) is 0 Å². The number of ether oxygens (including phenoxy) is 4. The van der Waals surface area contributed by atoms with E-state index in [1.807, 2.05) is 0 Å². The molecule has 0 rings (SSSR count). The maximum Gasteiger partial charge on any atom is 0.305 e. The molecule has 0 fully saturated rings. The van der Waals surface area contributed by atoms with Crippen molar-refractivity contribution in [3.8, 4) is 0 Å². The summed E-state index contributed by atoms with van der Waals surface area (Å²) in [5, 5.41) is 0. The molecule has 2 atom stereocenters. The second kappa shape index (κ2) is 24.0. The third-order valence-corrected chi connectivity index (χ3v) is 6.23. The second-order valence-electron chi connectivity index (χ2n) is 9.16. The minimum atomic E-state index is -0.132. The van der Waals surface area contributed by atoms with Crippen LogP contribution in [0.3, 0.4) is 0 Å². The van der Waals surface area contributed by atoms with Crippen molar-refractivity contribution in [2.75, 3.05) is 40.6 Å². The minimum absolute atomic E-state index is 0.132. The molecule has 0 aliphatic carbocycles. The summed E-state index contributed by atoms with van der Waals surface area (Å²) in [4.78, 5) is 23.9. The molecular weight excluding hydrogens is 420 g/mol. The standard InChI is InChI=1S/C27H52O6/c1-5-7-12-24(16-20-30-3)18-22-32-26(28)14-10-9-11-15-27(29)33-23-19-25(13-8-6-2)17-21-31-4/h24-25H,5-23H2,1-4H3. The van der Waals surface area contributed by atoms with Crippen molar-refractivity contribution in [1.29, 1.82) is 0 Å². The van der Waals surface area contributed by atoms with Gasteiger partial charge >= 0.3 is 11.9 Å². The van der Waals surface area contributed by atoms with Crippen molar-refractivity contribution < 1.29 is 28.5 Å². The molecule has 0 aliphatic rings. The summed E-state index contributed by atoms with van der Waals surface area (Å²) in [5.41, 5.74) is 0. The summed E-state index contributed by atoms with van der Waals surface area (Å²) in [6.45, 7) is 6.90. The zero-order valence-electron chi connectivity index (χ0n) is 22.0. The predicted octanol–water partition coefficient (Wildman–Crippen LogP) is 6.49. The zero-order chi connectivity index (χ0) is 24.6. The van der Waals surface area contributed by atoms with Gasteiger partial charge in [0, 0.05) is 40.3 Å². The van der Waals surface area contributed by atoms with Crippen LogP contribution in [0.15, 0.2) is 0 Å². The Morgan fingerprint density at radius 2 is 0.939 bits per heavy atom. The molecule has 0 bridgehead atoms. The Balaban J connectivity index is 3.79. The Hall–Kier alpha value is -1.14. The molecule has 0 heterocycles. The highest BCUT2D eigenvalue weighted by molar-refractivity contribution is 5.69. The molecule has 0 aromatic carbocycles. The first-order chi connectivity index (χ1) is 16.1. The van der Waals surface area contributed by atoms with Crippen molar-refractivity contribution in [1.82, 2.24) is 0 Å². The first-order valence-electron chi connectivity index (χ1n) is 13.4. The lowest BCUT2D eigenvalue weighted by molar-refractivity contribution is -0.144. The summed E-state index contributed by atoms with van der Waals surface area (Å²) in [6, 6.07) is 0. The number of esters is 2. The van der Waals surface area contributed by atoms with Crippen molar-refractivity contribution in [3.63, 3.8) is 0 Å². The number of hydrogen-bond acceptors (Lipinski definition) is 6. The highest BCUT2D eigenvalue weighted by Crippen LogP contribution is 2.18. The van der Waals surface area contributed by atoms with Gasteiger partial charge < -0.3 is 18.9 Å².